The number of nitrogens with one attached hydrogen (secondary N) is 2. The van der Waals surface area contributed by atoms with Gasteiger partial charge < -0.3 is 14.8 Å². The number of carbonyl (C=O) groups excluding carboxylic acids is 2. The smallest absolute Gasteiger partial charge is 0.339 e. The number of ether oxygens (including phenoxy) is 2. The summed E-state index contributed by atoms with van der Waals surface area (Å²) in [6, 6.07) is 10.4. The highest BCUT2D eigenvalue weighted by Crippen LogP contribution is 2.22. The van der Waals surface area contributed by atoms with E-state index < -0.39 is 28.5 Å². The SMILES string of the molecule is COc1cccc(NC(=O)COC(=O)c2cc(S(=O)(=O)NC(C)C)ccc2Br)c1. The van der Waals surface area contributed by atoms with Gasteiger partial charge in [0.1, 0.15) is 5.75 Å². The molecule has 0 radical (unpaired) electrons. The van der Waals surface area contributed by atoms with Crippen molar-refractivity contribution in [3.8, 4) is 5.75 Å². The van der Waals surface area contributed by atoms with Crippen LogP contribution in [-0.2, 0) is 19.6 Å². The predicted molar refractivity (Wildman–Crippen MR) is 112 cm³/mol. The number of amides is 1. The maximum absolute atomic E-state index is 12.4. The topological polar surface area (TPSA) is 111 Å². The number of halogens is 1. The quantitative estimate of drug-likeness (QED) is 0.557. The minimum atomic E-state index is -3.78. The van der Waals surface area contributed by atoms with Gasteiger partial charge in [-0.15, -0.1) is 0 Å². The van der Waals surface area contributed by atoms with E-state index in [9.17, 15) is 18.0 Å². The number of methoxy groups -OCH3 is 1. The van der Waals surface area contributed by atoms with E-state index in [-0.39, 0.29) is 16.5 Å². The number of sulfonamides is 1. The van der Waals surface area contributed by atoms with Crippen LogP contribution in [0.5, 0.6) is 5.75 Å². The molecule has 0 heterocycles. The fourth-order valence-corrected chi connectivity index (χ4v) is 4.00. The molecule has 2 rings (SSSR count). The van der Waals surface area contributed by atoms with Gasteiger partial charge in [0, 0.05) is 22.3 Å². The van der Waals surface area contributed by atoms with Crippen LogP contribution in [-0.4, -0.2) is 40.1 Å². The zero-order valence-electron chi connectivity index (χ0n) is 16.1. The Labute approximate surface area is 177 Å². The average molecular weight is 485 g/mol. The Morgan fingerprint density at radius 3 is 2.52 bits per heavy atom. The molecule has 2 aromatic carbocycles. The molecule has 0 unspecified atom stereocenters. The Morgan fingerprint density at radius 1 is 1.14 bits per heavy atom. The first-order chi connectivity index (χ1) is 13.6. The Hall–Kier alpha value is -2.43. The number of hydrogen-bond donors (Lipinski definition) is 2. The predicted octanol–water partition coefficient (Wildman–Crippen LogP) is 2.94. The number of benzene rings is 2. The number of carbonyl (C=O) groups is 2. The third-order valence-corrected chi connectivity index (χ3v) is 5.89. The zero-order valence-corrected chi connectivity index (χ0v) is 18.5. The largest absolute Gasteiger partial charge is 0.497 e. The van der Waals surface area contributed by atoms with Crippen LogP contribution in [0.25, 0.3) is 0 Å². The van der Waals surface area contributed by atoms with E-state index in [0.29, 0.717) is 15.9 Å². The van der Waals surface area contributed by atoms with Gasteiger partial charge in [0.15, 0.2) is 6.61 Å². The van der Waals surface area contributed by atoms with Crippen molar-refractivity contribution in [1.82, 2.24) is 4.72 Å². The lowest BCUT2D eigenvalue weighted by Crippen LogP contribution is -2.30. The number of anilines is 1. The molecule has 1 amide bonds. The van der Waals surface area contributed by atoms with E-state index in [1.54, 1.807) is 38.1 Å². The molecule has 8 nitrogen and oxygen atoms in total. The van der Waals surface area contributed by atoms with Crippen molar-refractivity contribution in [2.45, 2.75) is 24.8 Å². The molecule has 0 aliphatic carbocycles. The van der Waals surface area contributed by atoms with E-state index in [1.807, 2.05) is 0 Å². The van der Waals surface area contributed by atoms with Crippen LogP contribution in [0.2, 0.25) is 0 Å². The fourth-order valence-electron chi connectivity index (χ4n) is 2.31. The number of hydrogen-bond acceptors (Lipinski definition) is 6. The van der Waals surface area contributed by atoms with Gasteiger partial charge in [0.25, 0.3) is 5.91 Å². The van der Waals surface area contributed by atoms with Crippen LogP contribution in [0, 0.1) is 0 Å². The summed E-state index contributed by atoms with van der Waals surface area (Å²) in [5, 5.41) is 2.58. The van der Waals surface area contributed by atoms with Crippen LogP contribution in [0.4, 0.5) is 5.69 Å². The van der Waals surface area contributed by atoms with Crippen LogP contribution >= 0.6 is 15.9 Å². The summed E-state index contributed by atoms with van der Waals surface area (Å²) in [6.07, 6.45) is 0. The third kappa shape index (κ3) is 6.55. The maximum Gasteiger partial charge on any atom is 0.339 e. The van der Waals surface area contributed by atoms with Crippen molar-refractivity contribution >= 4 is 43.5 Å². The number of esters is 1. The van der Waals surface area contributed by atoms with Gasteiger partial charge in [0.05, 0.1) is 17.6 Å². The average Bonchev–Trinajstić information content (AvgIpc) is 2.65. The highest BCUT2D eigenvalue weighted by Gasteiger charge is 2.20. The number of rotatable bonds is 8. The van der Waals surface area contributed by atoms with E-state index >= 15 is 0 Å². The van der Waals surface area contributed by atoms with Crippen molar-refractivity contribution in [3.05, 3.63) is 52.5 Å². The minimum Gasteiger partial charge on any atom is -0.497 e. The van der Waals surface area contributed by atoms with E-state index in [4.69, 9.17) is 9.47 Å². The minimum absolute atomic E-state index is 0.00851. The lowest BCUT2D eigenvalue weighted by atomic mass is 10.2. The van der Waals surface area contributed by atoms with Gasteiger partial charge in [-0.25, -0.2) is 17.9 Å². The van der Waals surface area contributed by atoms with Crippen molar-refractivity contribution in [1.29, 1.82) is 0 Å². The molecule has 0 spiro atoms. The molecule has 0 saturated carbocycles. The van der Waals surface area contributed by atoms with Crippen LogP contribution in [0.15, 0.2) is 51.8 Å². The highest BCUT2D eigenvalue weighted by molar-refractivity contribution is 9.10. The van der Waals surface area contributed by atoms with E-state index in [1.165, 1.54) is 25.3 Å². The van der Waals surface area contributed by atoms with Gasteiger partial charge in [-0.2, -0.15) is 0 Å². The van der Waals surface area contributed by atoms with Gasteiger partial charge >= 0.3 is 5.97 Å². The Balaban J connectivity index is 2.06. The van der Waals surface area contributed by atoms with E-state index in [2.05, 4.69) is 26.0 Å². The molecule has 0 atom stereocenters. The van der Waals surface area contributed by atoms with Crippen molar-refractivity contribution in [2.24, 2.45) is 0 Å². The normalized spacial score (nSPS) is 11.2. The molecule has 10 heteroatoms. The highest BCUT2D eigenvalue weighted by atomic mass is 79.9. The summed E-state index contributed by atoms with van der Waals surface area (Å²) in [4.78, 5) is 24.3. The first-order valence-electron chi connectivity index (χ1n) is 8.55. The Kier molecular flexibility index (Phi) is 7.77. The van der Waals surface area contributed by atoms with Gasteiger partial charge in [-0.1, -0.05) is 6.07 Å². The molecule has 0 saturated heterocycles. The summed E-state index contributed by atoms with van der Waals surface area (Å²) in [7, 11) is -2.28. The molecule has 156 valence electrons. The van der Waals surface area contributed by atoms with Gasteiger partial charge in [-0.3, -0.25) is 4.79 Å². The molecule has 2 aromatic rings. The molecule has 0 aliphatic heterocycles. The molecule has 0 aliphatic rings. The molecular formula is C19H21BrN2O6S. The molecule has 2 N–H and O–H groups in total. The fraction of sp³-hybridized carbons (Fsp3) is 0.263. The van der Waals surface area contributed by atoms with E-state index in [0.717, 1.165) is 0 Å². The summed E-state index contributed by atoms with van der Waals surface area (Å²) >= 11 is 3.19. The second-order valence-electron chi connectivity index (χ2n) is 6.27. The standard InChI is InChI=1S/C19H21BrN2O6S/c1-12(2)22-29(25,26)15-7-8-17(20)16(10-15)19(24)28-11-18(23)21-13-5-4-6-14(9-13)27-3/h4-10,12,22H,11H2,1-3H3,(H,21,23). The molecular weight excluding hydrogens is 464 g/mol. The maximum atomic E-state index is 12.4. The molecule has 0 aromatic heterocycles. The van der Waals surface area contributed by atoms with Crippen molar-refractivity contribution in [3.63, 3.8) is 0 Å². The lowest BCUT2D eigenvalue weighted by Gasteiger charge is -2.12. The molecule has 29 heavy (non-hydrogen) atoms. The molecule has 0 bridgehead atoms. The summed E-state index contributed by atoms with van der Waals surface area (Å²) in [6.45, 7) is 2.84. The monoisotopic (exact) mass is 484 g/mol. The Morgan fingerprint density at radius 2 is 1.86 bits per heavy atom. The van der Waals surface area contributed by atoms with Crippen LogP contribution in [0.1, 0.15) is 24.2 Å². The summed E-state index contributed by atoms with van der Waals surface area (Å²) in [5.74, 6) is -0.816. The van der Waals surface area contributed by atoms with Gasteiger partial charge in [0.2, 0.25) is 10.0 Å². The molecule has 0 fully saturated rings. The van der Waals surface area contributed by atoms with Gasteiger partial charge in [-0.05, 0) is 60.1 Å². The Bertz CT molecular complexity index is 1010. The second-order valence-corrected chi connectivity index (χ2v) is 8.84. The lowest BCUT2D eigenvalue weighted by molar-refractivity contribution is -0.119. The van der Waals surface area contributed by atoms with Crippen LogP contribution in [0.3, 0.4) is 0 Å². The third-order valence-electron chi connectivity index (χ3n) is 3.55. The summed E-state index contributed by atoms with van der Waals surface area (Å²) in [5.41, 5.74) is 0.477. The van der Waals surface area contributed by atoms with Crippen molar-refractivity contribution < 1.29 is 27.5 Å². The zero-order chi connectivity index (χ0) is 21.6. The first-order valence-corrected chi connectivity index (χ1v) is 10.8. The van der Waals surface area contributed by atoms with Crippen molar-refractivity contribution in [2.75, 3.05) is 19.0 Å². The first kappa shape index (κ1) is 22.9. The van der Waals surface area contributed by atoms with Crippen LogP contribution < -0.4 is 14.8 Å². The second kappa shape index (κ2) is 9.86. The summed E-state index contributed by atoms with van der Waals surface area (Å²) < 4.78 is 37.5.